The maximum absolute atomic E-state index is 14.5. The van der Waals surface area contributed by atoms with Crippen LogP contribution in [0.25, 0.3) is 0 Å². The molecule has 1 fully saturated rings. The number of halogens is 1. The first kappa shape index (κ1) is 44.6. The molecule has 0 bridgehead atoms. The maximum atomic E-state index is 14.5. The van der Waals surface area contributed by atoms with Gasteiger partial charge in [0.2, 0.25) is 12.6 Å². The minimum Gasteiger partial charge on any atom is -0.459 e. The molecule has 3 aromatic carbocycles. The lowest BCUT2D eigenvalue weighted by molar-refractivity contribution is -0.256. The largest absolute Gasteiger partial charge is 0.459 e. The lowest BCUT2D eigenvalue weighted by Gasteiger charge is -2.59. The molecule has 328 valence electrons. The normalized spacial score (nSPS) is 23.9. The number of oxime groups is 1. The number of aliphatic hydroxyl groups excluding tert-OH is 2. The molecule has 0 unspecified atom stereocenters. The number of amides is 1. The SMILES string of the molecule is C=CCO[C@@]12Oc3ccc(Oc4ccc(SC)cc4)cc3[C@H]3[C@H](CCCCO)[C@@H](CCCCO)C=C(C(=NOCC)C[C@@H]1N(Cc1ccc4c(c1)OCO4)C(=O)OCCCl)[C@H]32. The van der Waals surface area contributed by atoms with Crippen molar-refractivity contribution in [2.45, 2.75) is 81.1 Å². The zero-order valence-corrected chi connectivity index (χ0v) is 36.5. The highest BCUT2D eigenvalue weighted by Gasteiger charge is 2.65. The van der Waals surface area contributed by atoms with Gasteiger partial charge in [0.05, 0.1) is 24.1 Å². The van der Waals surface area contributed by atoms with Gasteiger partial charge in [-0.3, -0.25) is 4.90 Å². The number of thioether (sulfide) groups is 1. The van der Waals surface area contributed by atoms with Crippen LogP contribution in [0.4, 0.5) is 4.79 Å². The molecule has 3 aromatic rings. The number of rotatable bonds is 21. The fourth-order valence-corrected chi connectivity index (χ4v) is 9.87. The van der Waals surface area contributed by atoms with Crippen LogP contribution >= 0.6 is 23.4 Å². The van der Waals surface area contributed by atoms with Crippen molar-refractivity contribution in [3.05, 3.63) is 96.1 Å². The third-order valence-electron chi connectivity index (χ3n) is 11.9. The van der Waals surface area contributed by atoms with Gasteiger partial charge in [-0.05, 0) is 116 Å². The molecule has 2 N–H and O–H groups in total. The Balaban J connectivity index is 1.43. The summed E-state index contributed by atoms with van der Waals surface area (Å²) in [5.74, 6) is 1.24. The molecule has 6 atom stereocenters. The molecule has 61 heavy (non-hydrogen) atoms. The van der Waals surface area contributed by atoms with Gasteiger partial charge in [-0.15, -0.1) is 29.9 Å². The number of unbranched alkanes of at least 4 members (excludes halogenated alkanes) is 2. The summed E-state index contributed by atoms with van der Waals surface area (Å²) in [6.07, 6.45) is 10.3. The predicted molar refractivity (Wildman–Crippen MR) is 235 cm³/mol. The van der Waals surface area contributed by atoms with Crippen LogP contribution in [0.15, 0.2) is 95.0 Å². The number of carbonyl (C=O) groups is 1. The second-order valence-electron chi connectivity index (χ2n) is 15.6. The fraction of sp³-hybridized carbons (Fsp3) is 0.489. The van der Waals surface area contributed by atoms with Crippen LogP contribution in [0.2, 0.25) is 0 Å². The van der Waals surface area contributed by atoms with Crippen molar-refractivity contribution in [1.82, 2.24) is 4.90 Å². The number of allylic oxidation sites excluding steroid dienone is 1. The van der Waals surface area contributed by atoms with Crippen LogP contribution in [0.5, 0.6) is 28.7 Å². The summed E-state index contributed by atoms with van der Waals surface area (Å²) in [5, 5.41) is 24.6. The Morgan fingerprint density at radius 1 is 1.00 bits per heavy atom. The van der Waals surface area contributed by atoms with Crippen molar-refractivity contribution >= 4 is 35.2 Å². The lowest BCUT2D eigenvalue weighted by Crippen LogP contribution is -2.70. The Morgan fingerprint density at radius 2 is 1.75 bits per heavy atom. The molecular formula is C47H57ClN2O10S. The van der Waals surface area contributed by atoms with Crippen LogP contribution in [-0.2, 0) is 20.9 Å². The number of carbonyl (C=O) groups excluding carboxylic acids is 1. The first-order valence-corrected chi connectivity index (χ1v) is 23.0. The molecule has 0 saturated heterocycles. The highest BCUT2D eigenvalue weighted by molar-refractivity contribution is 7.98. The van der Waals surface area contributed by atoms with E-state index in [4.69, 9.17) is 50.0 Å². The van der Waals surface area contributed by atoms with Gasteiger partial charge in [0.1, 0.15) is 36.5 Å². The molecule has 2 aliphatic heterocycles. The van der Waals surface area contributed by atoms with Gasteiger partial charge in [0, 0.05) is 42.6 Å². The number of hydrogen-bond donors (Lipinski definition) is 2. The van der Waals surface area contributed by atoms with Gasteiger partial charge in [-0.1, -0.05) is 36.2 Å². The van der Waals surface area contributed by atoms with E-state index in [1.807, 2.05) is 67.8 Å². The zero-order valence-electron chi connectivity index (χ0n) is 35.0. The Hall–Kier alpha value is -4.40. The molecule has 0 spiro atoms. The summed E-state index contributed by atoms with van der Waals surface area (Å²) in [6.45, 7) is 6.80. The van der Waals surface area contributed by atoms with E-state index >= 15 is 0 Å². The van der Waals surface area contributed by atoms with Gasteiger partial charge >= 0.3 is 6.09 Å². The first-order chi connectivity index (χ1) is 29.9. The molecule has 14 heteroatoms. The molecule has 12 nitrogen and oxygen atoms in total. The summed E-state index contributed by atoms with van der Waals surface area (Å²) in [4.78, 5) is 23.2. The van der Waals surface area contributed by atoms with Gasteiger partial charge in [0.15, 0.2) is 11.5 Å². The third kappa shape index (κ3) is 9.81. The zero-order chi connectivity index (χ0) is 42.8. The van der Waals surface area contributed by atoms with Crippen molar-refractivity contribution in [1.29, 1.82) is 0 Å². The van der Waals surface area contributed by atoms with E-state index in [1.165, 1.54) is 0 Å². The third-order valence-corrected chi connectivity index (χ3v) is 12.8. The minimum absolute atomic E-state index is 0.00269. The van der Waals surface area contributed by atoms with Gasteiger partial charge < -0.3 is 43.5 Å². The summed E-state index contributed by atoms with van der Waals surface area (Å²) < 4.78 is 38.2. The number of hydrogen-bond acceptors (Lipinski definition) is 12. The second-order valence-corrected chi connectivity index (χ2v) is 16.8. The van der Waals surface area contributed by atoms with Crippen LogP contribution in [0, 0.1) is 17.8 Å². The highest BCUT2D eigenvalue weighted by atomic mass is 35.5. The quantitative estimate of drug-likeness (QED) is 0.0348. The minimum atomic E-state index is -1.47. The average molecular weight is 877 g/mol. The van der Waals surface area contributed by atoms with Crippen molar-refractivity contribution in [2.75, 3.05) is 52.0 Å². The van der Waals surface area contributed by atoms with E-state index < -0.39 is 23.8 Å². The highest BCUT2D eigenvalue weighted by Crippen LogP contribution is 2.62. The fourth-order valence-electron chi connectivity index (χ4n) is 9.38. The molecule has 1 amide bonds. The van der Waals surface area contributed by atoms with Crippen LogP contribution in [0.3, 0.4) is 0 Å². The van der Waals surface area contributed by atoms with Crippen LogP contribution in [-0.4, -0.2) is 90.7 Å². The van der Waals surface area contributed by atoms with E-state index in [0.717, 1.165) is 47.3 Å². The Kier molecular flexibility index (Phi) is 15.5. The molecule has 4 aliphatic rings. The molecule has 0 radical (unpaired) electrons. The van der Waals surface area contributed by atoms with E-state index in [-0.39, 0.29) is 69.8 Å². The number of fused-ring (bicyclic) bond motifs is 3. The van der Waals surface area contributed by atoms with Crippen LogP contribution in [0.1, 0.15) is 68.9 Å². The maximum Gasteiger partial charge on any atom is 0.410 e. The van der Waals surface area contributed by atoms with Crippen molar-refractivity contribution in [2.24, 2.45) is 22.9 Å². The summed E-state index contributed by atoms with van der Waals surface area (Å²) in [5.41, 5.74) is 3.36. The van der Waals surface area contributed by atoms with Crippen molar-refractivity contribution < 1.29 is 48.3 Å². The number of aliphatic hydroxyl groups is 2. The smallest absolute Gasteiger partial charge is 0.410 e. The topological polar surface area (TPSA) is 138 Å². The van der Waals surface area contributed by atoms with E-state index in [0.29, 0.717) is 53.9 Å². The Morgan fingerprint density at radius 3 is 2.49 bits per heavy atom. The lowest BCUT2D eigenvalue weighted by atomic mass is 9.55. The molecule has 2 aliphatic carbocycles. The van der Waals surface area contributed by atoms with E-state index in [9.17, 15) is 15.0 Å². The van der Waals surface area contributed by atoms with Gasteiger partial charge in [-0.2, -0.15) is 0 Å². The Bertz CT molecular complexity index is 2030. The summed E-state index contributed by atoms with van der Waals surface area (Å²) >= 11 is 7.77. The predicted octanol–water partition coefficient (Wildman–Crippen LogP) is 9.46. The van der Waals surface area contributed by atoms with Crippen molar-refractivity contribution in [3.63, 3.8) is 0 Å². The number of ether oxygens (including phenoxy) is 6. The average Bonchev–Trinajstić information content (AvgIpc) is 3.76. The van der Waals surface area contributed by atoms with E-state index in [1.54, 1.807) is 22.7 Å². The molecule has 2 heterocycles. The molecule has 0 aromatic heterocycles. The van der Waals surface area contributed by atoms with Gasteiger partial charge in [0.25, 0.3) is 0 Å². The van der Waals surface area contributed by atoms with Gasteiger partial charge in [-0.25, -0.2) is 4.79 Å². The number of benzene rings is 3. The van der Waals surface area contributed by atoms with E-state index in [2.05, 4.69) is 18.7 Å². The van der Waals surface area contributed by atoms with Crippen LogP contribution < -0.4 is 18.9 Å². The number of alkyl halides is 1. The first-order valence-electron chi connectivity index (χ1n) is 21.3. The molecular weight excluding hydrogens is 820 g/mol. The summed E-state index contributed by atoms with van der Waals surface area (Å²) in [6, 6.07) is 18.7. The number of nitrogens with zero attached hydrogens (tertiary/aromatic N) is 2. The molecule has 1 saturated carbocycles. The molecule has 7 rings (SSSR count). The standard InChI is InChI=1S/C47H57ClN2O10S/c1-4-23-57-47-43(50(46(53)54-24-20-48)29-31-12-18-41-42(25-31)56-30-55-41)28-39(49-58-5-2)37-26-32(10-6-8-21-51)36(11-7-9-22-52)44(45(37)47)38-27-34(15-19-40(38)60-47)59-33-13-16-35(61-3)17-14-33/h4,12-19,25-27,32,36,43-45,51-52H,1,5-11,20-24,28-30H2,2-3H3/t32-,36+,43-,44+,45+,47+/m0/s1. The van der Waals surface area contributed by atoms with Crippen molar-refractivity contribution in [3.8, 4) is 28.7 Å². The Labute approximate surface area is 367 Å². The second kappa shape index (κ2) is 21.1. The summed E-state index contributed by atoms with van der Waals surface area (Å²) in [7, 11) is 0. The monoisotopic (exact) mass is 876 g/mol.